The molecule has 0 aliphatic carbocycles. The predicted molar refractivity (Wildman–Crippen MR) is 80.8 cm³/mol. The normalized spacial score (nSPS) is 13.1. The summed E-state index contributed by atoms with van der Waals surface area (Å²) >= 11 is 0. The molecule has 2 aromatic rings. The van der Waals surface area contributed by atoms with Crippen molar-refractivity contribution in [3.8, 4) is 0 Å². The largest absolute Gasteiger partial charge is 0.244 e. The Hall–Kier alpha value is -1.86. The van der Waals surface area contributed by atoms with Gasteiger partial charge >= 0.3 is 0 Å². The molecule has 1 N–H and O–H groups in total. The number of sulfonamides is 1. The van der Waals surface area contributed by atoms with Gasteiger partial charge in [-0.2, -0.15) is 0 Å². The third kappa shape index (κ3) is 3.73. The van der Waals surface area contributed by atoms with E-state index in [1.165, 1.54) is 0 Å². The van der Waals surface area contributed by atoms with Crippen LogP contribution in [0.25, 0.3) is 0 Å². The Labute approximate surface area is 133 Å². The lowest BCUT2D eigenvalue weighted by molar-refractivity contribution is 0.431. The highest BCUT2D eigenvalue weighted by molar-refractivity contribution is 7.89. The molecule has 0 saturated carbocycles. The smallest absolute Gasteiger partial charge is 0.207 e. The minimum atomic E-state index is -4.33. The van der Waals surface area contributed by atoms with Crippen molar-refractivity contribution in [1.82, 2.24) is 4.72 Å². The molecule has 0 heterocycles. The molecule has 0 radical (unpaired) electrons. The molecule has 0 fully saturated rings. The van der Waals surface area contributed by atoms with Gasteiger partial charge in [-0.25, -0.2) is 26.3 Å². The number of nitrogens with one attached hydrogen (secondary N) is 1. The Morgan fingerprint density at radius 2 is 1.61 bits per heavy atom. The second-order valence-corrected chi connectivity index (χ2v) is 6.85. The monoisotopic (exact) mass is 343 g/mol. The van der Waals surface area contributed by atoms with Crippen molar-refractivity contribution in [2.45, 2.75) is 31.2 Å². The Morgan fingerprint density at radius 1 is 1.00 bits per heavy atom. The minimum Gasteiger partial charge on any atom is -0.207 e. The van der Waals surface area contributed by atoms with Crippen molar-refractivity contribution in [2.24, 2.45) is 0 Å². The molecule has 7 heteroatoms. The summed E-state index contributed by atoms with van der Waals surface area (Å²) in [4.78, 5) is -0.915. The molecular formula is C16H16F3NO2S. The van der Waals surface area contributed by atoms with E-state index in [1.54, 1.807) is 19.1 Å². The van der Waals surface area contributed by atoms with Gasteiger partial charge in [-0.3, -0.25) is 0 Å². The van der Waals surface area contributed by atoms with Crippen LogP contribution in [0.5, 0.6) is 0 Å². The molecule has 2 rings (SSSR count). The number of benzene rings is 2. The maximum atomic E-state index is 13.7. The van der Waals surface area contributed by atoms with Gasteiger partial charge in [-0.15, -0.1) is 0 Å². The second kappa shape index (κ2) is 6.72. The van der Waals surface area contributed by atoms with Crippen LogP contribution in [-0.2, 0) is 10.0 Å². The van der Waals surface area contributed by atoms with Crippen molar-refractivity contribution in [3.05, 3.63) is 65.0 Å². The summed E-state index contributed by atoms with van der Waals surface area (Å²) in [5, 5.41) is 0. The van der Waals surface area contributed by atoms with Crippen molar-refractivity contribution >= 4 is 10.0 Å². The Kier molecular flexibility index (Phi) is 5.11. The lowest BCUT2D eigenvalue weighted by Gasteiger charge is -2.18. The lowest BCUT2D eigenvalue weighted by atomic mass is 10.0. The number of rotatable bonds is 5. The van der Waals surface area contributed by atoms with E-state index in [0.29, 0.717) is 24.1 Å². The summed E-state index contributed by atoms with van der Waals surface area (Å²) < 4.78 is 66.8. The molecule has 0 saturated heterocycles. The molecule has 2 aromatic carbocycles. The SMILES string of the molecule is CC[C@H](NS(=O)(=O)c1ccc(F)c(F)c1F)c1ccc(C)cc1. The molecule has 0 bridgehead atoms. The summed E-state index contributed by atoms with van der Waals surface area (Å²) in [6, 6.07) is 7.85. The van der Waals surface area contributed by atoms with E-state index < -0.39 is 38.4 Å². The highest BCUT2D eigenvalue weighted by Crippen LogP contribution is 2.24. The molecular weight excluding hydrogens is 327 g/mol. The first-order chi connectivity index (χ1) is 10.8. The summed E-state index contributed by atoms with van der Waals surface area (Å²) in [6.45, 7) is 3.65. The van der Waals surface area contributed by atoms with Crippen LogP contribution in [0.4, 0.5) is 13.2 Å². The first kappa shape index (κ1) is 17.5. The third-order valence-corrected chi connectivity index (χ3v) is 4.96. The minimum absolute atomic E-state index is 0.410. The molecule has 0 spiro atoms. The zero-order valence-corrected chi connectivity index (χ0v) is 13.4. The van der Waals surface area contributed by atoms with E-state index in [1.807, 2.05) is 19.1 Å². The average Bonchev–Trinajstić information content (AvgIpc) is 2.51. The fraction of sp³-hybridized carbons (Fsp3) is 0.250. The Morgan fingerprint density at radius 3 is 2.17 bits per heavy atom. The van der Waals surface area contributed by atoms with E-state index >= 15 is 0 Å². The van der Waals surface area contributed by atoms with Gasteiger partial charge in [0.05, 0.1) is 0 Å². The van der Waals surface area contributed by atoms with Gasteiger partial charge < -0.3 is 0 Å². The highest BCUT2D eigenvalue weighted by Gasteiger charge is 2.26. The van der Waals surface area contributed by atoms with Crippen molar-refractivity contribution in [1.29, 1.82) is 0 Å². The highest BCUT2D eigenvalue weighted by atomic mass is 32.2. The molecule has 3 nitrogen and oxygen atoms in total. The van der Waals surface area contributed by atoms with Gasteiger partial charge in [0.2, 0.25) is 10.0 Å². The average molecular weight is 343 g/mol. The van der Waals surface area contributed by atoms with Crippen LogP contribution in [-0.4, -0.2) is 8.42 Å². The standard InChI is InChI=1S/C16H16F3NO2S/c1-3-13(11-6-4-10(2)5-7-11)20-23(21,22)14-9-8-12(17)15(18)16(14)19/h4-9,13,20H,3H2,1-2H3/t13-/m0/s1. The van der Waals surface area contributed by atoms with E-state index in [4.69, 9.17) is 0 Å². The fourth-order valence-electron chi connectivity index (χ4n) is 2.15. The summed E-state index contributed by atoms with van der Waals surface area (Å²) in [5.41, 5.74) is 1.71. The quantitative estimate of drug-likeness (QED) is 0.839. The van der Waals surface area contributed by atoms with Gasteiger partial charge in [0, 0.05) is 6.04 Å². The number of halogens is 3. The first-order valence-corrected chi connectivity index (χ1v) is 8.47. The van der Waals surface area contributed by atoms with Crippen LogP contribution in [0.15, 0.2) is 41.3 Å². The van der Waals surface area contributed by atoms with Gasteiger partial charge in [-0.1, -0.05) is 36.8 Å². The lowest BCUT2D eigenvalue weighted by Crippen LogP contribution is -2.29. The summed E-state index contributed by atoms with van der Waals surface area (Å²) in [5.74, 6) is -4.97. The van der Waals surface area contributed by atoms with Crippen LogP contribution in [0, 0.1) is 24.4 Å². The van der Waals surface area contributed by atoms with Crippen LogP contribution >= 0.6 is 0 Å². The van der Waals surface area contributed by atoms with E-state index in [2.05, 4.69) is 4.72 Å². The van der Waals surface area contributed by atoms with Crippen molar-refractivity contribution in [2.75, 3.05) is 0 Å². The number of hydrogen-bond donors (Lipinski definition) is 1. The zero-order valence-electron chi connectivity index (χ0n) is 12.6. The molecule has 0 aliphatic rings. The van der Waals surface area contributed by atoms with Gasteiger partial charge in [0.15, 0.2) is 17.5 Å². The van der Waals surface area contributed by atoms with Gasteiger partial charge in [-0.05, 0) is 31.0 Å². The van der Waals surface area contributed by atoms with Crippen LogP contribution in [0.2, 0.25) is 0 Å². The van der Waals surface area contributed by atoms with Crippen molar-refractivity contribution in [3.63, 3.8) is 0 Å². The summed E-state index contributed by atoms with van der Waals surface area (Å²) in [6.07, 6.45) is 0.410. The Bertz CT molecular complexity index is 805. The Balaban J connectivity index is 2.36. The van der Waals surface area contributed by atoms with E-state index in [-0.39, 0.29) is 0 Å². The molecule has 0 unspecified atom stereocenters. The third-order valence-electron chi connectivity index (χ3n) is 3.47. The van der Waals surface area contributed by atoms with E-state index in [9.17, 15) is 21.6 Å². The van der Waals surface area contributed by atoms with Crippen LogP contribution < -0.4 is 4.72 Å². The molecule has 0 aromatic heterocycles. The summed E-state index contributed by atoms with van der Waals surface area (Å²) in [7, 11) is -4.33. The number of hydrogen-bond acceptors (Lipinski definition) is 2. The van der Waals surface area contributed by atoms with Gasteiger partial charge in [0.1, 0.15) is 4.90 Å². The number of aryl methyl sites for hydroxylation is 1. The zero-order chi connectivity index (χ0) is 17.2. The fourth-order valence-corrected chi connectivity index (χ4v) is 3.53. The second-order valence-electron chi connectivity index (χ2n) is 5.17. The van der Waals surface area contributed by atoms with Crippen LogP contribution in [0.3, 0.4) is 0 Å². The predicted octanol–water partition coefficient (Wildman–Crippen LogP) is 3.84. The maximum Gasteiger partial charge on any atom is 0.244 e. The van der Waals surface area contributed by atoms with Crippen LogP contribution in [0.1, 0.15) is 30.5 Å². The maximum absolute atomic E-state index is 13.7. The molecule has 23 heavy (non-hydrogen) atoms. The molecule has 1 atom stereocenters. The molecule has 0 aliphatic heterocycles. The topological polar surface area (TPSA) is 46.2 Å². The van der Waals surface area contributed by atoms with Gasteiger partial charge in [0.25, 0.3) is 0 Å². The van der Waals surface area contributed by atoms with E-state index in [0.717, 1.165) is 5.56 Å². The van der Waals surface area contributed by atoms with Crippen molar-refractivity contribution < 1.29 is 21.6 Å². The first-order valence-electron chi connectivity index (χ1n) is 6.98. The molecule has 0 amide bonds. The molecule has 124 valence electrons.